The van der Waals surface area contributed by atoms with Gasteiger partial charge in [-0.05, 0) is 30.5 Å². The number of hydrogen-bond acceptors (Lipinski definition) is 3. The summed E-state index contributed by atoms with van der Waals surface area (Å²) in [7, 11) is 2.17. The van der Waals surface area contributed by atoms with E-state index in [1.165, 1.54) is 11.1 Å². The van der Waals surface area contributed by atoms with Crippen molar-refractivity contribution in [1.29, 1.82) is 0 Å². The number of rotatable bonds is 6. The van der Waals surface area contributed by atoms with Gasteiger partial charge in [-0.1, -0.05) is 38.1 Å². The fraction of sp³-hybridized carbons (Fsp3) is 0.647. The number of hydrogen-bond donors (Lipinski definition) is 1. The third kappa shape index (κ3) is 5.23. The molecule has 112 valence electrons. The minimum atomic E-state index is 0.328. The predicted molar refractivity (Wildman–Crippen MR) is 83.9 cm³/mol. The summed E-state index contributed by atoms with van der Waals surface area (Å²) in [6.45, 7) is 9.29. The van der Waals surface area contributed by atoms with E-state index >= 15 is 0 Å². The Morgan fingerprint density at radius 2 is 1.95 bits per heavy atom. The molecule has 20 heavy (non-hydrogen) atoms. The van der Waals surface area contributed by atoms with Crippen molar-refractivity contribution < 1.29 is 4.74 Å². The average Bonchev–Trinajstić information content (AvgIpc) is 2.41. The highest BCUT2D eigenvalue weighted by atomic mass is 16.5. The average molecular weight is 276 g/mol. The van der Waals surface area contributed by atoms with E-state index in [0.29, 0.717) is 6.10 Å². The van der Waals surface area contributed by atoms with Crippen LogP contribution in [0, 0.1) is 5.92 Å². The fourth-order valence-electron chi connectivity index (χ4n) is 2.71. The molecule has 1 saturated heterocycles. The van der Waals surface area contributed by atoms with E-state index in [2.05, 4.69) is 55.4 Å². The molecule has 0 aromatic heterocycles. The molecule has 0 radical (unpaired) electrons. The Labute approximate surface area is 123 Å². The smallest absolute Gasteiger partial charge is 0.0826 e. The lowest BCUT2D eigenvalue weighted by molar-refractivity contribution is 0.00885. The first-order valence-electron chi connectivity index (χ1n) is 7.72. The van der Waals surface area contributed by atoms with Gasteiger partial charge in [-0.2, -0.15) is 0 Å². The third-order valence-electron chi connectivity index (χ3n) is 3.64. The molecule has 1 heterocycles. The lowest BCUT2D eigenvalue weighted by Crippen LogP contribution is -2.44. The number of morpholine rings is 1. The molecule has 1 unspecified atom stereocenters. The van der Waals surface area contributed by atoms with E-state index in [0.717, 1.165) is 45.1 Å². The highest BCUT2D eigenvalue weighted by Gasteiger charge is 2.15. The molecular formula is C17H28N2O. The maximum absolute atomic E-state index is 5.74. The number of ether oxygens (including phenoxy) is 1. The van der Waals surface area contributed by atoms with Gasteiger partial charge in [0.05, 0.1) is 12.7 Å². The molecule has 0 bridgehead atoms. The first kappa shape index (κ1) is 15.5. The van der Waals surface area contributed by atoms with E-state index < -0.39 is 0 Å². The third-order valence-corrected chi connectivity index (χ3v) is 3.64. The molecule has 3 heteroatoms. The summed E-state index contributed by atoms with van der Waals surface area (Å²) in [6.07, 6.45) is 1.49. The van der Waals surface area contributed by atoms with Crippen LogP contribution in [0.3, 0.4) is 0 Å². The highest BCUT2D eigenvalue weighted by molar-refractivity contribution is 5.22. The lowest BCUT2D eigenvalue weighted by atomic mass is 10.0. The summed E-state index contributed by atoms with van der Waals surface area (Å²) in [6, 6.07) is 9.05. The van der Waals surface area contributed by atoms with E-state index in [-0.39, 0.29) is 0 Å². The summed E-state index contributed by atoms with van der Waals surface area (Å²) in [4.78, 5) is 2.34. The number of nitrogens with one attached hydrogen (secondary N) is 1. The number of benzene rings is 1. The van der Waals surface area contributed by atoms with Gasteiger partial charge in [-0.25, -0.2) is 0 Å². The minimum absolute atomic E-state index is 0.328. The Kier molecular flexibility index (Phi) is 6.02. The molecule has 1 atom stereocenters. The van der Waals surface area contributed by atoms with Crippen LogP contribution in [0.1, 0.15) is 25.0 Å². The normalized spacial score (nSPS) is 19.8. The zero-order valence-corrected chi connectivity index (χ0v) is 13.1. The van der Waals surface area contributed by atoms with Gasteiger partial charge in [0.15, 0.2) is 0 Å². The van der Waals surface area contributed by atoms with Gasteiger partial charge >= 0.3 is 0 Å². The van der Waals surface area contributed by atoms with Crippen LogP contribution >= 0.6 is 0 Å². The summed E-state index contributed by atoms with van der Waals surface area (Å²) in [5, 5.41) is 3.38. The van der Waals surface area contributed by atoms with Crippen LogP contribution < -0.4 is 5.32 Å². The van der Waals surface area contributed by atoms with Crippen LogP contribution in [0.15, 0.2) is 24.3 Å². The number of nitrogens with zero attached hydrogens (tertiary/aromatic N) is 1. The van der Waals surface area contributed by atoms with E-state index in [9.17, 15) is 0 Å². The van der Waals surface area contributed by atoms with Crippen LogP contribution in [-0.4, -0.2) is 44.3 Å². The van der Waals surface area contributed by atoms with Crippen molar-refractivity contribution in [1.82, 2.24) is 10.2 Å². The lowest BCUT2D eigenvalue weighted by Gasteiger charge is -2.28. The van der Waals surface area contributed by atoms with Gasteiger partial charge in [0, 0.05) is 26.2 Å². The molecule has 2 rings (SSSR count). The molecule has 1 fully saturated rings. The second-order valence-corrected chi connectivity index (χ2v) is 6.31. The van der Waals surface area contributed by atoms with Gasteiger partial charge in [0.2, 0.25) is 0 Å². The standard InChI is InChI=1S/C17H28N2O/c1-14(2)10-15-4-6-16(7-5-15)12-19(3)13-17-11-18-8-9-20-17/h4-7,14,17-18H,8-13H2,1-3H3. The molecule has 1 N–H and O–H groups in total. The predicted octanol–water partition coefficient (Wildman–Crippen LogP) is 2.31. The van der Waals surface area contributed by atoms with Gasteiger partial charge in [-0.15, -0.1) is 0 Å². The van der Waals surface area contributed by atoms with Crippen molar-refractivity contribution in [3.05, 3.63) is 35.4 Å². The van der Waals surface area contributed by atoms with Crippen LogP contribution in [0.25, 0.3) is 0 Å². The Morgan fingerprint density at radius 3 is 2.55 bits per heavy atom. The maximum Gasteiger partial charge on any atom is 0.0826 e. The molecule has 0 spiro atoms. The fourth-order valence-corrected chi connectivity index (χ4v) is 2.71. The Balaban J connectivity index is 1.79. The molecule has 0 aliphatic carbocycles. The molecule has 1 aromatic carbocycles. The quantitative estimate of drug-likeness (QED) is 0.863. The summed E-state index contributed by atoms with van der Waals surface area (Å²) in [5.41, 5.74) is 2.81. The summed E-state index contributed by atoms with van der Waals surface area (Å²) < 4.78 is 5.74. The SMILES string of the molecule is CC(C)Cc1ccc(CN(C)CC2CNCCO2)cc1. The van der Waals surface area contributed by atoms with Gasteiger partial charge in [-0.3, -0.25) is 4.90 Å². The largest absolute Gasteiger partial charge is 0.374 e. The second-order valence-electron chi connectivity index (χ2n) is 6.31. The van der Waals surface area contributed by atoms with E-state index in [1.807, 2.05) is 0 Å². The van der Waals surface area contributed by atoms with Crippen molar-refractivity contribution in [2.24, 2.45) is 5.92 Å². The number of likely N-dealkylation sites (N-methyl/N-ethyl adjacent to an activating group) is 1. The monoisotopic (exact) mass is 276 g/mol. The van der Waals surface area contributed by atoms with Crippen molar-refractivity contribution in [2.75, 3.05) is 33.3 Å². The van der Waals surface area contributed by atoms with Gasteiger partial charge < -0.3 is 10.1 Å². The van der Waals surface area contributed by atoms with Crippen molar-refractivity contribution in [3.63, 3.8) is 0 Å². The molecule has 1 aliphatic rings. The van der Waals surface area contributed by atoms with Crippen LogP contribution in [0.4, 0.5) is 0 Å². The first-order valence-corrected chi connectivity index (χ1v) is 7.72. The molecule has 1 aliphatic heterocycles. The van der Waals surface area contributed by atoms with Gasteiger partial charge in [0.25, 0.3) is 0 Å². The topological polar surface area (TPSA) is 24.5 Å². The second kappa shape index (κ2) is 7.77. The van der Waals surface area contributed by atoms with Crippen molar-refractivity contribution in [3.8, 4) is 0 Å². The maximum atomic E-state index is 5.74. The molecular weight excluding hydrogens is 248 g/mol. The molecule has 0 saturated carbocycles. The van der Waals surface area contributed by atoms with Crippen LogP contribution in [0.2, 0.25) is 0 Å². The molecule has 0 amide bonds. The molecule has 3 nitrogen and oxygen atoms in total. The first-order chi connectivity index (χ1) is 9.63. The summed E-state index contributed by atoms with van der Waals surface area (Å²) in [5.74, 6) is 0.722. The Morgan fingerprint density at radius 1 is 1.25 bits per heavy atom. The van der Waals surface area contributed by atoms with Crippen LogP contribution in [-0.2, 0) is 17.7 Å². The Bertz CT molecular complexity index is 382. The van der Waals surface area contributed by atoms with Crippen molar-refractivity contribution in [2.45, 2.75) is 32.9 Å². The molecule has 1 aromatic rings. The van der Waals surface area contributed by atoms with Crippen LogP contribution in [0.5, 0.6) is 0 Å². The summed E-state index contributed by atoms with van der Waals surface area (Å²) >= 11 is 0. The zero-order chi connectivity index (χ0) is 14.4. The Hall–Kier alpha value is -0.900. The van der Waals surface area contributed by atoms with E-state index in [4.69, 9.17) is 4.74 Å². The minimum Gasteiger partial charge on any atom is -0.374 e. The van der Waals surface area contributed by atoms with Crippen molar-refractivity contribution >= 4 is 0 Å². The van der Waals surface area contributed by atoms with Gasteiger partial charge in [0.1, 0.15) is 0 Å². The highest BCUT2D eigenvalue weighted by Crippen LogP contribution is 2.11. The van der Waals surface area contributed by atoms with E-state index in [1.54, 1.807) is 0 Å². The zero-order valence-electron chi connectivity index (χ0n) is 13.1.